The zero-order chi connectivity index (χ0) is 17.7. The van der Waals surface area contributed by atoms with Gasteiger partial charge >= 0.3 is 0 Å². The molecule has 0 aromatic heterocycles. The van der Waals surface area contributed by atoms with Crippen molar-refractivity contribution < 1.29 is 0 Å². The second-order valence-electron chi connectivity index (χ2n) is 7.45. The normalized spacial score (nSPS) is 21.7. The van der Waals surface area contributed by atoms with Crippen LogP contribution in [0.4, 0.5) is 0 Å². The van der Waals surface area contributed by atoms with Crippen LogP contribution >= 0.6 is 0 Å². The molecule has 0 bridgehead atoms. The predicted molar refractivity (Wildman–Crippen MR) is 106 cm³/mol. The van der Waals surface area contributed by atoms with Gasteiger partial charge in [0.2, 0.25) is 0 Å². The van der Waals surface area contributed by atoms with Crippen molar-refractivity contribution in [1.82, 2.24) is 9.80 Å². The molecule has 0 heterocycles. The lowest BCUT2D eigenvalue weighted by molar-refractivity contribution is 0.117. The Morgan fingerprint density at radius 2 is 1.48 bits per heavy atom. The van der Waals surface area contributed by atoms with Crippen molar-refractivity contribution in [2.75, 3.05) is 33.2 Å². The molecule has 0 aliphatic heterocycles. The van der Waals surface area contributed by atoms with Crippen LogP contribution < -0.4 is 0 Å². The summed E-state index contributed by atoms with van der Waals surface area (Å²) in [7, 11) is 2.29. The van der Waals surface area contributed by atoms with Crippen molar-refractivity contribution in [1.29, 1.82) is 0 Å². The first-order valence-corrected chi connectivity index (χ1v) is 10.5. The fourth-order valence-corrected chi connectivity index (χ4v) is 3.77. The maximum Gasteiger partial charge on any atom is 0.0112 e. The van der Waals surface area contributed by atoms with Crippen LogP contribution in [0.15, 0.2) is 0 Å². The molecule has 140 valence electrons. The highest BCUT2D eigenvalue weighted by Gasteiger charge is 2.26. The van der Waals surface area contributed by atoms with Crippen LogP contribution in [-0.4, -0.2) is 49.1 Å². The van der Waals surface area contributed by atoms with Gasteiger partial charge in [-0.15, -0.1) is 0 Å². The maximum atomic E-state index is 2.74. The molecule has 0 amide bonds. The monoisotopic (exact) mass is 326 g/mol. The second-order valence-corrected chi connectivity index (χ2v) is 7.45. The summed E-state index contributed by atoms with van der Waals surface area (Å²) in [6, 6.07) is 0.856. The minimum absolute atomic E-state index is 0.856. The number of unbranched alkanes of at least 4 members (excludes halogenated alkanes) is 2. The fourth-order valence-electron chi connectivity index (χ4n) is 3.77. The topological polar surface area (TPSA) is 6.48 Å². The highest BCUT2D eigenvalue weighted by Crippen LogP contribution is 2.32. The van der Waals surface area contributed by atoms with E-state index in [1.54, 1.807) is 0 Å². The molecule has 0 spiro atoms. The molecular weight excluding hydrogens is 280 g/mol. The fraction of sp³-hybridized carbons (Fsp3) is 1.00. The Labute approximate surface area is 148 Å². The van der Waals surface area contributed by atoms with E-state index in [0.29, 0.717) is 0 Å². The molecule has 2 nitrogen and oxygen atoms in total. The van der Waals surface area contributed by atoms with Gasteiger partial charge in [0.25, 0.3) is 0 Å². The van der Waals surface area contributed by atoms with E-state index in [-0.39, 0.29) is 0 Å². The zero-order valence-electron chi connectivity index (χ0n) is 17.4. The first kappa shape index (κ1) is 22.9. The molecule has 0 N–H and O–H groups in total. The largest absolute Gasteiger partial charge is 0.305 e. The van der Waals surface area contributed by atoms with E-state index in [0.717, 1.165) is 17.9 Å². The standard InChI is InChI=1S/C19H40N2.C2H6/c1-6-8-9-14-20(5)15-16-21(7-2)19-12-10-18(11-13-19)17(3)4;1-2/h17-19H,6-16H2,1-5H3;1-2H3. The highest BCUT2D eigenvalue weighted by molar-refractivity contribution is 4.80. The second kappa shape index (κ2) is 14.3. The summed E-state index contributed by atoms with van der Waals surface area (Å²) in [6.45, 7) is 18.4. The lowest BCUT2D eigenvalue weighted by atomic mass is 9.79. The first-order chi connectivity index (χ1) is 11.1. The molecule has 0 saturated heterocycles. The quantitative estimate of drug-likeness (QED) is 0.477. The van der Waals surface area contributed by atoms with Crippen molar-refractivity contribution in [3.05, 3.63) is 0 Å². The zero-order valence-corrected chi connectivity index (χ0v) is 17.4. The molecule has 1 aliphatic rings. The third-order valence-corrected chi connectivity index (χ3v) is 5.52. The molecule has 0 aromatic carbocycles. The van der Waals surface area contributed by atoms with Crippen LogP contribution in [0.1, 0.15) is 86.5 Å². The first-order valence-electron chi connectivity index (χ1n) is 10.5. The summed E-state index contributed by atoms with van der Waals surface area (Å²) in [5, 5.41) is 0. The Kier molecular flexibility index (Phi) is 14.2. The number of likely N-dealkylation sites (N-methyl/N-ethyl adjacent to an activating group) is 2. The van der Waals surface area contributed by atoms with E-state index < -0.39 is 0 Å². The molecule has 1 saturated carbocycles. The Balaban J connectivity index is 0.00000232. The van der Waals surface area contributed by atoms with Gasteiger partial charge in [0, 0.05) is 19.1 Å². The van der Waals surface area contributed by atoms with E-state index in [1.165, 1.54) is 71.1 Å². The Hall–Kier alpha value is -0.0800. The number of nitrogens with zero attached hydrogens (tertiary/aromatic N) is 2. The van der Waals surface area contributed by atoms with Gasteiger partial charge in [-0.05, 0) is 64.1 Å². The average Bonchev–Trinajstić information content (AvgIpc) is 2.58. The molecule has 1 fully saturated rings. The Morgan fingerprint density at radius 1 is 0.870 bits per heavy atom. The molecule has 23 heavy (non-hydrogen) atoms. The molecule has 1 aliphatic carbocycles. The van der Waals surface area contributed by atoms with Crippen molar-refractivity contribution in [3.8, 4) is 0 Å². The summed E-state index contributed by atoms with van der Waals surface area (Å²) >= 11 is 0. The van der Waals surface area contributed by atoms with E-state index in [2.05, 4.69) is 44.5 Å². The molecule has 0 aromatic rings. The molecule has 0 unspecified atom stereocenters. The number of hydrogen-bond acceptors (Lipinski definition) is 2. The van der Waals surface area contributed by atoms with Gasteiger partial charge in [0.15, 0.2) is 0 Å². The van der Waals surface area contributed by atoms with Gasteiger partial charge in [0.1, 0.15) is 0 Å². The van der Waals surface area contributed by atoms with Crippen LogP contribution in [-0.2, 0) is 0 Å². The summed E-state index contributed by atoms with van der Waals surface area (Å²) in [5.74, 6) is 1.86. The Bertz CT molecular complexity index is 244. The molecule has 2 heteroatoms. The van der Waals surface area contributed by atoms with E-state index in [1.807, 2.05) is 13.8 Å². The van der Waals surface area contributed by atoms with Crippen molar-refractivity contribution in [2.24, 2.45) is 11.8 Å². The molecule has 1 rings (SSSR count). The predicted octanol–water partition coefficient (Wildman–Crippen LogP) is 5.67. The van der Waals surface area contributed by atoms with Crippen molar-refractivity contribution in [3.63, 3.8) is 0 Å². The van der Waals surface area contributed by atoms with Gasteiger partial charge in [-0.3, -0.25) is 4.90 Å². The van der Waals surface area contributed by atoms with E-state index >= 15 is 0 Å². The minimum Gasteiger partial charge on any atom is -0.305 e. The summed E-state index contributed by atoms with van der Waals surface area (Å²) < 4.78 is 0. The van der Waals surface area contributed by atoms with Crippen LogP contribution in [0.2, 0.25) is 0 Å². The number of hydrogen-bond donors (Lipinski definition) is 0. The molecular formula is C21H46N2. The highest BCUT2D eigenvalue weighted by atomic mass is 15.2. The maximum absolute atomic E-state index is 2.74. The lowest BCUT2D eigenvalue weighted by Crippen LogP contribution is -2.42. The summed E-state index contributed by atoms with van der Waals surface area (Å²) in [6.07, 6.45) is 9.82. The Morgan fingerprint density at radius 3 is 1.96 bits per heavy atom. The SMILES string of the molecule is CC.CCCCCN(C)CCN(CC)C1CCC(C(C)C)CC1. The van der Waals surface area contributed by atoms with Crippen LogP contribution in [0.5, 0.6) is 0 Å². The molecule has 0 atom stereocenters. The summed E-state index contributed by atoms with van der Waals surface area (Å²) in [4.78, 5) is 5.27. The van der Waals surface area contributed by atoms with Crippen molar-refractivity contribution >= 4 is 0 Å². The van der Waals surface area contributed by atoms with Crippen LogP contribution in [0.3, 0.4) is 0 Å². The summed E-state index contributed by atoms with van der Waals surface area (Å²) in [5.41, 5.74) is 0. The third kappa shape index (κ3) is 9.72. The van der Waals surface area contributed by atoms with Gasteiger partial charge in [-0.2, -0.15) is 0 Å². The third-order valence-electron chi connectivity index (χ3n) is 5.52. The van der Waals surface area contributed by atoms with Gasteiger partial charge in [0.05, 0.1) is 0 Å². The van der Waals surface area contributed by atoms with Crippen LogP contribution in [0.25, 0.3) is 0 Å². The van der Waals surface area contributed by atoms with Gasteiger partial charge in [-0.1, -0.05) is 54.4 Å². The van der Waals surface area contributed by atoms with Gasteiger partial charge in [-0.25, -0.2) is 0 Å². The van der Waals surface area contributed by atoms with Crippen LogP contribution in [0, 0.1) is 11.8 Å². The average molecular weight is 327 g/mol. The van der Waals surface area contributed by atoms with E-state index in [4.69, 9.17) is 0 Å². The number of rotatable bonds is 10. The smallest absolute Gasteiger partial charge is 0.0112 e. The van der Waals surface area contributed by atoms with Gasteiger partial charge < -0.3 is 4.90 Å². The van der Waals surface area contributed by atoms with Crippen molar-refractivity contribution in [2.45, 2.75) is 92.5 Å². The lowest BCUT2D eigenvalue weighted by Gasteiger charge is -2.38. The van der Waals surface area contributed by atoms with E-state index in [9.17, 15) is 0 Å². The molecule has 0 radical (unpaired) electrons. The minimum atomic E-state index is 0.856.